The van der Waals surface area contributed by atoms with Crippen molar-refractivity contribution in [1.82, 2.24) is 0 Å². The number of esters is 1. The van der Waals surface area contributed by atoms with Gasteiger partial charge in [0, 0.05) is 5.57 Å². The second-order valence-electron chi connectivity index (χ2n) is 1.93. The quantitative estimate of drug-likeness (QED) is 0.524. The van der Waals surface area contributed by atoms with E-state index in [4.69, 9.17) is 4.74 Å². The third-order valence-electron chi connectivity index (χ3n) is 0.923. The van der Waals surface area contributed by atoms with Gasteiger partial charge in [-0.25, -0.2) is 4.79 Å². The van der Waals surface area contributed by atoms with Crippen molar-refractivity contribution in [2.75, 3.05) is 6.61 Å². The second kappa shape index (κ2) is 5.47. The predicted molar refractivity (Wildman–Crippen MR) is 43.9 cm³/mol. The summed E-state index contributed by atoms with van der Waals surface area (Å²) in [6.45, 7) is 4.16. The SMILES string of the molecule is CCCOC(=O)C(C)=CBr. The zero-order valence-corrected chi connectivity index (χ0v) is 7.77. The van der Waals surface area contributed by atoms with Crippen molar-refractivity contribution in [3.63, 3.8) is 0 Å². The van der Waals surface area contributed by atoms with Gasteiger partial charge in [0.15, 0.2) is 0 Å². The number of ether oxygens (including phenoxy) is 1. The lowest BCUT2D eigenvalue weighted by molar-refractivity contribution is -0.138. The maximum Gasteiger partial charge on any atom is 0.334 e. The third kappa shape index (κ3) is 3.67. The first-order valence-electron chi connectivity index (χ1n) is 3.16. The first kappa shape index (κ1) is 9.69. The lowest BCUT2D eigenvalue weighted by atomic mass is 10.4. The number of hydrogen-bond donors (Lipinski definition) is 0. The number of carbonyl (C=O) groups is 1. The molecule has 0 radical (unpaired) electrons. The van der Waals surface area contributed by atoms with E-state index in [0.29, 0.717) is 12.2 Å². The summed E-state index contributed by atoms with van der Waals surface area (Å²) < 4.78 is 4.81. The van der Waals surface area contributed by atoms with E-state index in [9.17, 15) is 4.79 Å². The van der Waals surface area contributed by atoms with Gasteiger partial charge < -0.3 is 4.74 Å². The molecule has 0 bridgehead atoms. The van der Waals surface area contributed by atoms with E-state index < -0.39 is 0 Å². The molecule has 0 fully saturated rings. The van der Waals surface area contributed by atoms with Crippen LogP contribution in [0.15, 0.2) is 10.6 Å². The van der Waals surface area contributed by atoms with Crippen molar-refractivity contribution in [2.24, 2.45) is 0 Å². The molecule has 0 atom stereocenters. The van der Waals surface area contributed by atoms with Crippen LogP contribution in [-0.2, 0) is 9.53 Å². The summed E-state index contributed by atoms with van der Waals surface area (Å²) in [4.78, 5) is 12.4. The highest BCUT2D eigenvalue weighted by Gasteiger charge is 2.02. The van der Waals surface area contributed by atoms with Crippen molar-refractivity contribution in [1.29, 1.82) is 0 Å². The highest BCUT2D eigenvalue weighted by atomic mass is 79.9. The number of rotatable bonds is 3. The van der Waals surface area contributed by atoms with Crippen molar-refractivity contribution >= 4 is 21.9 Å². The molecule has 0 saturated heterocycles. The van der Waals surface area contributed by atoms with E-state index in [1.54, 1.807) is 11.9 Å². The molecule has 0 N–H and O–H groups in total. The summed E-state index contributed by atoms with van der Waals surface area (Å²) in [6, 6.07) is 0. The predicted octanol–water partition coefficient (Wildman–Crippen LogP) is 2.24. The molecular weight excluding hydrogens is 196 g/mol. The fourth-order valence-electron chi connectivity index (χ4n) is 0.353. The standard InChI is InChI=1S/C7H11BrO2/c1-3-4-10-7(9)6(2)5-8/h5H,3-4H2,1-2H3. The van der Waals surface area contributed by atoms with Crippen LogP contribution in [0.2, 0.25) is 0 Å². The molecule has 0 aromatic rings. The summed E-state index contributed by atoms with van der Waals surface area (Å²) in [6.07, 6.45) is 0.862. The van der Waals surface area contributed by atoms with E-state index in [1.807, 2.05) is 6.92 Å². The van der Waals surface area contributed by atoms with Gasteiger partial charge in [0.25, 0.3) is 0 Å². The van der Waals surface area contributed by atoms with Crippen molar-refractivity contribution in [3.05, 3.63) is 10.6 Å². The Balaban J connectivity index is 3.63. The Morgan fingerprint density at radius 3 is 2.70 bits per heavy atom. The zero-order chi connectivity index (χ0) is 7.98. The third-order valence-corrected chi connectivity index (χ3v) is 1.61. The Morgan fingerprint density at radius 1 is 1.70 bits per heavy atom. The summed E-state index contributed by atoms with van der Waals surface area (Å²) in [7, 11) is 0. The normalized spacial score (nSPS) is 11.3. The molecule has 0 spiro atoms. The number of hydrogen-bond acceptors (Lipinski definition) is 2. The lowest BCUT2D eigenvalue weighted by Crippen LogP contribution is -2.05. The van der Waals surface area contributed by atoms with Crippen LogP contribution in [0.1, 0.15) is 20.3 Å². The summed E-state index contributed by atoms with van der Waals surface area (Å²) in [5, 5.41) is 0. The van der Waals surface area contributed by atoms with E-state index in [1.165, 1.54) is 0 Å². The molecule has 10 heavy (non-hydrogen) atoms. The molecule has 58 valence electrons. The summed E-state index contributed by atoms with van der Waals surface area (Å²) >= 11 is 3.04. The molecule has 0 aliphatic rings. The molecule has 0 rings (SSSR count). The average Bonchev–Trinajstić information content (AvgIpc) is 1.98. The highest BCUT2D eigenvalue weighted by molar-refractivity contribution is 9.11. The molecule has 0 heterocycles. The minimum atomic E-state index is -0.251. The molecule has 3 heteroatoms. The molecular formula is C7H11BrO2. The van der Waals surface area contributed by atoms with Crippen LogP contribution in [0.25, 0.3) is 0 Å². The summed E-state index contributed by atoms with van der Waals surface area (Å²) in [5.74, 6) is -0.251. The fourth-order valence-corrected chi connectivity index (χ4v) is 0.540. The topological polar surface area (TPSA) is 26.3 Å². The maximum absolute atomic E-state index is 10.8. The van der Waals surface area contributed by atoms with E-state index in [2.05, 4.69) is 15.9 Å². The first-order chi connectivity index (χ1) is 4.72. The Bertz CT molecular complexity index is 141. The van der Waals surface area contributed by atoms with Crippen LogP contribution in [0, 0.1) is 0 Å². The lowest BCUT2D eigenvalue weighted by Gasteiger charge is -2.00. The fraction of sp³-hybridized carbons (Fsp3) is 0.571. The molecule has 0 saturated carbocycles. The van der Waals surface area contributed by atoms with Crippen LogP contribution in [0.5, 0.6) is 0 Å². The summed E-state index contributed by atoms with van der Waals surface area (Å²) in [5.41, 5.74) is 0.591. The molecule has 0 aliphatic heterocycles. The van der Waals surface area contributed by atoms with Gasteiger partial charge in [-0.2, -0.15) is 0 Å². The van der Waals surface area contributed by atoms with Gasteiger partial charge in [-0.1, -0.05) is 22.9 Å². The Morgan fingerprint density at radius 2 is 2.30 bits per heavy atom. The highest BCUT2D eigenvalue weighted by Crippen LogP contribution is 1.99. The van der Waals surface area contributed by atoms with Crippen LogP contribution in [-0.4, -0.2) is 12.6 Å². The first-order valence-corrected chi connectivity index (χ1v) is 4.08. The van der Waals surface area contributed by atoms with Crippen LogP contribution in [0.3, 0.4) is 0 Å². The van der Waals surface area contributed by atoms with Gasteiger partial charge in [-0.3, -0.25) is 0 Å². The van der Waals surface area contributed by atoms with Gasteiger partial charge >= 0.3 is 5.97 Å². The molecule has 0 unspecified atom stereocenters. The monoisotopic (exact) mass is 206 g/mol. The second-order valence-corrected chi connectivity index (χ2v) is 2.39. The Kier molecular flexibility index (Phi) is 5.30. The molecule has 0 aromatic carbocycles. The van der Waals surface area contributed by atoms with Crippen LogP contribution >= 0.6 is 15.9 Å². The van der Waals surface area contributed by atoms with Crippen LogP contribution < -0.4 is 0 Å². The minimum absolute atomic E-state index is 0.251. The maximum atomic E-state index is 10.8. The van der Waals surface area contributed by atoms with E-state index in [0.717, 1.165) is 6.42 Å². The van der Waals surface area contributed by atoms with Gasteiger partial charge in [0.1, 0.15) is 0 Å². The van der Waals surface area contributed by atoms with Crippen LogP contribution in [0.4, 0.5) is 0 Å². The van der Waals surface area contributed by atoms with E-state index >= 15 is 0 Å². The zero-order valence-electron chi connectivity index (χ0n) is 6.19. The van der Waals surface area contributed by atoms with Gasteiger partial charge in [-0.15, -0.1) is 0 Å². The molecule has 0 aromatic heterocycles. The minimum Gasteiger partial charge on any atom is -0.462 e. The van der Waals surface area contributed by atoms with Gasteiger partial charge in [-0.05, 0) is 18.3 Å². The van der Waals surface area contributed by atoms with E-state index in [-0.39, 0.29) is 5.97 Å². The van der Waals surface area contributed by atoms with Crippen molar-refractivity contribution < 1.29 is 9.53 Å². The van der Waals surface area contributed by atoms with Gasteiger partial charge in [0.2, 0.25) is 0 Å². The van der Waals surface area contributed by atoms with Crippen molar-refractivity contribution in [3.8, 4) is 0 Å². The molecule has 0 amide bonds. The van der Waals surface area contributed by atoms with Gasteiger partial charge in [0.05, 0.1) is 6.61 Å². The molecule has 0 aliphatic carbocycles. The van der Waals surface area contributed by atoms with Crippen molar-refractivity contribution in [2.45, 2.75) is 20.3 Å². The number of halogens is 1. The number of carbonyl (C=O) groups excluding carboxylic acids is 1. The average molecular weight is 207 g/mol. The Labute approximate surface area is 69.4 Å². The molecule has 2 nitrogen and oxygen atoms in total. The Hall–Kier alpha value is -0.310. The smallest absolute Gasteiger partial charge is 0.334 e. The largest absolute Gasteiger partial charge is 0.462 e.